The Balaban J connectivity index is 1.94. The Hall–Kier alpha value is -2.14. The van der Waals surface area contributed by atoms with E-state index in [1.54, 1.807) is 7.11 Å². The highest BCUT2D eigenvalue weighted by molar-refractivity contribution is 5.76. The second-order valence-corrected chi connectivity index (χ2v) is 5.94. The number of methoxy groups -OCH3 is 1. The summed E-state index contributed by atoms with van der Waals surface area (Å²) in [5.74, 6) is 1.40. The van der Waals surface area contributed by atoms with Gasteiger partial charge in [-0.2, -0.15) is 0 Å². The Morgan fingerprint density at radius 2 is 2.22 bits per heavy atom. The van der Waals surface area contributed by atoms with E-state index in [-0.39, 0.29) is 6.10 Å². The van der Waals surface area contributed by atoms with Crippen LogP contribution >= 0.6 is 0 Å². The SMILES string of the molecule is C=CCCc1nc2ccc(OC)cc2nc1O[C@H]1CN[C@H](C)C1. The third kappa shape index (κ3) is 3.62. The van der Waals surface area contributed by atoms with Gasteiger partial charge in [0.25, 0.3) is 0 Å². The molecular formula is C18H23N3O2. The lowest BCUT2D eigenvalue weighted by Gasteiger charge is -2.15. The van der Waals surface area contributed by atoms with E-state index in [0.717, 1.165) is 48.3 Å². The largest absolute Gasteiger partial charge is 0.497 e. The van der Waals surface area contributed by atoms with Crippen LogP contribution in [0.3, 0.4) is 0 Å². The minimum absolute atomic E-state index is 0.143. The molecule has 0 radical (unpaired) electrons. The molecule has 5 nitrogen and oxygen atoms in total. The fraction of sp³-hybridized carbons (Fsp3) is 0.444. The summed E-state index contributed by atoms with van der Waals surface area (Å²) in [5.41, 5.74) is 2.54. The van der Waals surface area contributed by atoms with Crippen LogP contribution in [0.5, 0.6) is 11.6 Å². The highest BCUT2D eigenvalue weighted by atomic mass is 16.5. The first-order valence-corrected chi connectivity index (χ1v) is 8.05. The van der Waals surface area contributed by atoms with Gasteiger partial charge < -0.3 is 14.8 Å². The molecule has 122 valence electrons. The number of aryl methyl sites for hydroxylation is 1. The van der Waals surface area contributed by atoms with Crippen molar-refractivity contribution in [3.8, 4) is 11.6 Å². The number of hydrogen-bond donors (Lipinski definition) is 1. The third-order valence-electron chi connectivity index (χ3n) is 4.08. The van der Waals surface area contributed by atoms with Gasteiger partial charge in [0.1, 0.15) is 17.5 Å². The standard InChI is InChI=1S/C18H23N3O2/c1-4-5-6-16-18(23-14-9-12(2)19-11-14)21-17-10-13(22-3)7-8-15(17)20-16/h4,7-8,10,12,14,19H,1,5-6,9,11H2,2-3H3/t12-,14-/m1/s1. The molecule has 1 saturated heterocycles. The Bertz CT molecular complexity index is 702. The van der Waals surface area contributed by atoms with Crippen molar-refractivity contribution in [2.24, 2.45) is 0 Å². The molecule has 0 bridgehead atoms. The summed E-state index contributed by atoms with van der Waals surface area (Å²) in [7, 11) is 1.65. The molecule has 1 N–H and O–H groups in total. The van der Waals surface area contributed by atoms with E-state index in [4.69, 9.17) is 19.4 Å². The van der Waals surface area contributed by atoms with E-state index in [1.807, 2.05) is 24.3 Å². The number of rotatable bonds is 6. The fourth-order valence-corrected chi connectivity index (χ4v) is 2.82. The smallest absolute Gasteiger partial charge is 0.236 e. The zero-order valence-electron chi connectivity index (χ0n) is 13.7. The average Bonchev–Trinajstić information content (AvgIpc) is 2.97. The lowest BCUT2D eigenvalue weighted by Crippen LogP contribution is -2.21. The van der Waals surface area contributed by atoms with E-state index in [0.29, 0.717) is 11.9 Å². The zero-order chi connectivity index (χ0) is 16.2. The summed E-state index contributed by atoms with van der Waals surface area (Å²) in [6.45, 7) is 6.80. The molecule has 2 heterocycles. The predicted molar refractivity (Wildman–Crippen MR) is 91.1 cm³/mol. The molecule has 0 aliphatic carbocycles. The van der Waals surface area contributed by atoms with Crippen LogP contribution in [-0.4, -0.2) is 35.8 Å². The minimum atomic E-state index is 0.143. The number of allylic oxidation sites excluding steroid dienone is 1. The topological polar surface area (TPSA) is 56.3 Å². The van der Waals surface area contributed by atoms with Gasteiger partial charge in [-0.25, -0.2) is 9.97 Å². The van der Waals surface area contributed by atoms with Gasteiger partial charge in [0.05, 0.1) is 18.1 Å². The number of nitrogens with zero attached hydrogens (tertiary/aromatic N) is 2. The predicted octanol–water partition coefficient (Wildman–Crippen LogP) is 2.89. The number of ether oxygens (including phenoxy) is 2. The molecule has 2 atom stereocenters. The number of nitrogens with one attached hydrogen (secondary N) is 1. The maximum atomic E-state index is 6.14. The number of benzene rings is 1. The molecule has 0 spiro atoms. The summed E-state index contributed by atoms with van der Waals surface area (Å²) < 4.78 is 11.4. The lowest BCUT2D eigenvalue weighted by atomic mass is 10.2. The highest BCUT2D eigenvalue weighted by Crippen LogP contribution is 2.25. The van der Waals surface area contributed by atoms with Crippen LogP contribution in [0.25, 0.3) is 11.0 Å². The Morgan fingerprint density at radius 3 is 2.91 bits per heavy atom. The van der Waals surface area contributed by atoms with Crippen molar-refractivity contribution in [3.63, 3.8) is 0 Å². The van der Waals surface area contributed by atoms with Gasteiger partial charge in [0.2, 0.25) is 5.88 Å². The van der Waals surface area contributed by atoms with Crippen LogP contribution in [0.4, 0.5) is 0 Å². The summed E-state index contributed by atoms with van der Waals surface area (Å²) in [6.07, 6.45) is 4.65. The van der Waals surface area contributed by atoms with Crippen LogP contribution < -0.4 is 14.8 Å². The zero-order valence-corrected chi connectivity index (χ0v) is 13.7. The molecule has 0 unspecified atom stereocenters. The van der Waals surface area contributed by atoms with Gasteiger partial charge in [-0.1, -0.05) is 6.08 Å². The van der Waals surface area contributed by atoms with E-state index in [2.05, 4.69) is 18.8 Å². The van der Waals surface area contributed by atoms with Gasteiger partial charge in [-0.05, 0) is 31.9 Å². The van der Waals surface area contributed by atoms with Crippen molar-refractivity contribution < 1.29 is 9.47 Å². The van der Waals surface area contributed by atoms with Gasteiger partial charge in [-0.3, -0.25) is 0 Å². The lowest BCUT2D eigenvalue weighted by molar-refractivity contribution is 0.209. The third-order valence-corrected chi connectivity index (χ3v) is 4.08. The van der Waals surface area contributed by atoms with Crippen LogP contribution in [0.1, 0.15) is 25.5 Å². The van der Waals surface area contributed by atoms with Crippen LogP contribution in [0, 0.1) is 0 Å². The molecule has 1 aromatic heterocycles. The first-order chi connectivity index (χ1) is 11.2. The molecule has 0 saturated carbocycles. The van der Waals surface area contributed by atoms with Crippen molar-refractivity contribution in [1.29, 1.82) is 0 Å². The average molecular weight is 313 g/mol. The molecule has 1 aromatic carbocycles. The van der Waals surface area contributed by atoms with E-state index >= 15 is 0 Å². The van der Waals surface area contributed by atoms with Crippen molar-refractivity contribution in [3.05, 3.63) is 36.5 Å². The molecule has 5 heteroatoms. The van der Waals surface area contributed by atoms with Crippen molar-refractivity contribution >= 4 is 11.0 Å². The van der Waals surface area contributed by atoms with Crippen molar-refractivity contribution in [2.45, 2.75) is 38.3 Å². The molecule has 23 heavy (non-hydrogen) atoms. The van der Waals surface area contributed by atoms with Gasteiger partial charge >= 0.3 is 0 Å². The molecule has 1 aliphatic rings. The molecule has 3 rings (SSSR count). The van der Waals surface area contributed by atoms with E-state index in [9.17, 15) is 0 Å². The van der Waals surface area contributed by atoms with Crippen molar-refractivity contribution in [2.75, 3.05) is 13.7 Å². The number of fused-ring (bicyclic) bond motifs is 1. The maximum Gasteiger partial charge on any atom is 0.236 e. The summed E-state index contributed by atoms with van der Waals surface area (Å²) in [5, 5.41) is 3.40. The normalized spacial score (nSPS) is 20.6. The molecule has 0 amide bonds. The second-order valence-electron chi connectivity index (χ2n) is 5.94. The Labute approximate surface area is 136 Å². The first-order valence-electron chi connectivity index (χ1n) is 8.05. The summed E-state index contributed by atoms with van der Waals surface area (Å²) in [6, 6.07) is 6.20. The fourth-order valence-electron chi connectivity index (χ4n) is 2.82. The van der Waals surface area contributed by atoms with Crippen molar-refractivity contribution in [1.82, 2.24) is 15.3 Å². The molecule has 1 aliphatic heterocycles. The van der Waals surface area contributed by atoms with E-state index in [1.165, 1.54) is 0 Å². The Morgan fingerprint density at radius 1 is 1.35 bits per heavy atom. The Kier molecular flexibility index (Phi) is 4.76. The van der Waals surface area contributed by atoms with Gasteiger partial charge in [0, 0.05) is 25.1 Å². The van der Waals surface area contributed by atoms with Gasteiger partial charge in [0.15, 0.2) is 0 Å². The quantitative estimate of drug-likeness (QED) is 0.831. The molecule has 1 fully saturated rings. The summed E-state index contributed by atoms with van der Waals surface area (Å²) in [4.78, 5) is 9.44. The van der Waals surface area contributed by atoms with Crippen LogP contribution in [0.15, 0.2) is 30.9 Å². The number of hydrogen-bond acceptors (Lipinski definition) is 5. The first kappa shape index (κ1) is 15.7. The maximum absolute atomic E-state index is 6.14. The molecular weight excluding hydrogens is 290 g/mol. The highest BCUT2D eigenvalue weighted by Gasteiger charge is 2.24. The van der Waals surface area contributed by atoms with Crippen LogP contribution in [-0.2, 0) is 6.42 Å². The molecule has 2 aromatic rings. The van der Waals surface area contributed by atoms with Crippen LogP contribution in [0.2, 0.25) is 0 Å². The van der Waals surface area contributed by atoms with E-state index < -0.39 is 0 Å². The number of aromatic nitrogens is 2. The van der Waals surface area contributed by atoms with Gasteiger partial charge in [-0.15, -0.1) is 6.58 Å². The monoisotopic (exact) mass is 313 g/mol. The summed E-state index contributed by atoms with van der Waals surface area (Å²) >= 11 is 0. The minimum Gasteiger partial charge on any atom is -0.497 e. The second kappa shape index (κ2) is 6.96.